The number of hydrogen-bond donors (Lipinski definition) is 2. The fourth-order valence-electron chi connectivity index (χ4n) is 4.91. The van der Waals surface area contributed by atoms with Crippen molar-refractivity contribution in [3.63, 3.8) is 0 Å². The maximum atomic E-state index is 12.4. The fourth-order valence-corrected chi connectivity index (χ4v) is 5.90. The zero-order valence-electron chi connectivity index (χ0n) is 20.8. The van der Waals surface area contributed by atoms with E-state index in [9.17, 15) is 13.2 Å². The van der Waals surface area contributed by atoms with Crippen molar-refractivity contribution in [3.05, 3.63) is 96.1 Å². The lowest BCUT2D eigenvalue weighted by atomic mass is 10.0. The van der Waals surface area contributed by atoms with Crippen molar-refractivity contribution in [1.29, 1.82) is 0 Å². The van der Waals surface area contributed by atoms with Crippen molar-refractivity contribution in [3.8, 4) is 5.75 Å². The van der Waals surface area contributed by atoms with Crippen LogP contribution < -0.4 is 14.8 Å². The number of benzene rings is 3. The first-order chi connectivity index (χ1) is 18.0. The second-order valence-corrected chi connectivity index (χ2v) is 11.4. The molecule has 7 nitrogen and oxygen atoms in total. The highest BCUT2D eigenvalue weighted by Crippen LogP contribution is 2.41. The van der Waals surface area contributed by atoms with Crippen molar-refractivity contribution < 1.29 is 17.9 Å². The summed E-state index contributed by atoms with van der Waals surface area (Å²) in [5, 5.41) is 3.85. The number of piperidine rings is 1. The summed E-state index contributed by atoms with van der Waals surface area (Å²) in [4.78, 5) is 14.9. The van der Waals surface area contributed by atoms with Gasteiger partial charge in [0.15, 0.2) is 0 Å². The summed E-state index contributed by atoms with van der Waals surface area (Å²) in [6.07, 6.45) is 3.53. The minimum absolute atomic E-state index is 0.0482. The van der Waals surface area contributed by atoms with Gasteiger partial charge in [-0.05, 0) is 74.3 Å². The molecule has 8 heteroatoms. The van der Waals surface area contributed by atoms with E-state index in [1.54, 1.807) is 42.5 Å². The fraction of sp³-hybridized carbons (Fsp3) is 0.345. The summed E-state index contributed by atoms with van der Waals surface area (Å²) < 4.78 is 32.7. The highest BCUT2D eigenvalue weighted by Gasteiger charge is 2.39. The van der Waals surface area contributed by atoms with Crippen molar-refractivity contribution >= 4 is 15.9 Å². The highest BCUT2D eigenvalue weighted by atomic mass is 32.2. The van der Waals surface area contributed by atoms with Crippen LogP contribution in [0.2, 0.25) is 0 Å². The minimum atomic E-state index is -3.91. The van der Waals surface area contributed by atoms with Crippen molar-refractivity contribution in [2.75, 3.05) is 26.2 Å². The van der Waals surface area contributed by atoms with Gasteiger partial charge in [0, 0.05) is 30.1 Å². The summed E-state index contributed by atoms with van der Waals surface area (Å²) in [5.74, 6) is 0.645. The van der Waals surface area contributed by atoms with Crippen LogP contribution in [0.3, 0.4) is 0 Å². The average molecular weight is 520 g/mol. The molecular formula is C29H33N3O4S. The lowest BCUT2D eigenvalue weighted by Crippen LogP contribution is -2.44. The largest absolute Gasteiger partial charge is 0.492 e. The summed E-state index contributed by atoms with van der Waals surface area (Å²) in [7, 11) is -3.91. The number of sulfonamides is 1. The Morgan fingerprint density at radius 3 is 2.22 bits per heavy atom. The summed E-state index contributed by atoms with van der Waals surface area (Å²) >= 11 is 0. The first-order valence-corrected chi connectivity index (χ1v) is 14.3. The molecule has 1 aliphatic carbocycles. The molecule has 37 heavy (non-hydrogen) atoms. The van der Waals surface area contributed by atoms with E-state index in [1.807, 2.05) is 0 Å². The van der Waals surface area contributed by atoms with Gasteiger partial charge in [0.05, 0.1) is 4.90 Å². The molecule has 2 atom stereocenters. The molecule has 1 saturated carbocycles. The van der Waals surface area contributed by atoms with Gasteiger partial charge in [-0.3, -0.25) is 9.69 Å². The molecular weight excluding hydrogens is 486 g/mol. The van der Waals surface area contributed by atoms with Gasteiger partial charge in [-0.1, -0.05) is 48.5 Å². The van der Waals surface area contributed by atoms with Gasteiger partial charge >= 0.3 is 0 Å². The molecule has 0 unspecified atom stereocenters. The van der Waals surface area contributed by atoms with Crippen LogP contribution in [0.4, 0.5) is 0 Å². The number of hydrogen-bond acceptors (Lipinski definition) is 6. The lowest BCUT2D eigenvalue weighted by Gasteiger charge is -2.32. The third-order valence-corrected chi connectivity index (χ3v) is 8.48. The van der Waals surface area contributed by atoms with E-state index in [4.69, 9.17) is 4.74 Å². The molecule has 0 spiro atoms. The Bertz CT molecular complexity index is 1280. The van der Waals surface area contributed by atoms with E-state index in [0.29, 0.717) is 30.4 Å². The smallest absolute Gasteiger partial charge is 0.265 e. The highest BCUT2D eigenvalue weighted by molar-refractivity contribution is 7.90. The second-order valence-electron chi connectivity index (χ2n) is 9.76. The van der Waals surface area contributed by atoms with Crippen LogP contribution >= 0.6 is 0 Å². The van der Waals surface area contributed by atoms with Crippen molar-refractivity contribution in [2.24, 2.45) is 0 Å². The molecule has 1 aliphatic heterocycles. The molecule has 2 aliphatic rings. The van der Waals surface area contributed by atoms with Gasteiger partial charge in [0.1, 0.15) is 12.4 Å². The molecule has 0 aromatic heterocycles. The summed E-state index contributed by atoms with van der Waals surface area (Å²) in [6, 6.07) is 26.3. The average Bonchev–Trinajstić information content (AvgIpc) is 3.70. The molecule has 3 aromatic carbocycles. The maximum Gasteiger partial charge on any atom is 0.265 e. The molecule has 2 N–H and O–H groups in total. The minimum Gasteiger partial charge on any atom is -0.492 e. The Morgan fingerprint density at radius 2 is 1.54 bits per heavy atom. The first kappa shape index (κ1) is 25.4. The van der Waals surface area contributed by atoms with E-state index in [-0.39, 0.29) is 10.5 Å². The van der Waals surface area contributed by atoms with Crippen LogP contribution in [0.1, 0.15) is 41.1 Å². The van der Waals surface area contributed by atoms with Gasteiger partial charge in [-0.2, -0.15) is 0 Å². The SMILES string of the molecule is O=C(NS(=O)(=O)c1ccccc1)c1ccc(OCCN2CCC(N[C@@H]3C[C@H]3c3ccccc3)CC2)cc1. The predicted molar refractivity (Wildman–Crippen MR) is 143 cm³/mol. The Labute approximate surface area is 218 Å². The number of nitrogens with one attached hydrogen (secondary N) is 2. The van der Waals surface area contributed by atoms with Crippen molar-refractivity contribution in [2.45, 2.75) is 42.2 Å². The molecule has 5 rings (SSSR count). The zero-order chi connectivity index (χ0) is 25.7. The van der Waals surface area contributed by atoms with E-state index in [2.05, 4.69) is 45.3 Å². The molecule has 1 saturated heterocycles. The Kier molecular flexibility index (Phi) is 7.88. The number of carbonyl (C=O) groups excluding carboxylic acids is 1. The molecule has 0 bridgehead atoms. The van der Waals surface area contributed by atoms with Crippen LogP contribution in [0.15, 0.2) is 89.8 Å². The zero-order valence-corrected chi connectivity index (χ0v) is 21.6. The van der Waals surface area contributed by atoms with E-state index < -0.39 is 15.9 Å². The molecule has 2 fully saturated rings. The van der Waals surface area contributed by atoms with Gasteiger partial charge in [-0.15, -0.1) is 0 Å². The van der Waals surface area contributed by atoms with E-state index in [1.165, 1.54) is 24.1 Å². The Morgan fingerprint density at radius 1 is 0.892 bits per heavy atom. The Hall–Kier alpha value is -3.20. The van der Waals surface area contributed by atoms with E-state index in [0.717, 1.165) is 32.5 Å². The Balaban J connectivity index is 1.01. The maximum absolute atomic E-state index is 12.4. The summed E-state index contributed by atoms with van der Waals surface area (Å²) in [5.41, 5.74) is 1.70. The number of rotatable bonds is 10. The van der Waals surface area contributed by atoms with Gasteiger partial charge in [0.25, 0.3) is 15.9 Å². The van der Waals surface area contributed by atoms with Crippen LogP contribution in [0.25, 0.3) is 0 Å². The molecule has 3 aromatic rings. The topological polar surface area (TPSA) is 87.7 Å². The van der Waals surface area contributed by atoms with Gasteiger partial charge in [-0.25, -0.2) is 13.1 Å². The molecule has 1 heterocycles. The third-order valence-electron chi connectivity index (χ3n) is 7.13. The number of carbonyl (C=O) groups is 1. The molecule has 1 amide bonds. The number of ether oxygens (including phenoxy) is 1. The summed E-state index contributed by atoms with van der Waals surface area (Å²) in [6.45, 7) is 3.52. The monoisotopic (exact) mass is 519 g/mol. The predicted octanol–water partition coefficient (Wildman–Crippen LogP) is 3.79. The standard InChI is InChI=1S/C29H33N3O4S/c33-29(31-37(34,35)26-9-5-2-6-10-26)23-11-13-25(14-12-23)36-20-19-32-17-15-24(16-18-32)30-28-21-27(28)22-7-3-1-4-8-22/h1-14,24,27-28,30H,15-21H2,(H,31,33)/t27-,28+/m0/s1. The molecule has 194 valence electrons. The van der Waals surface area contributed by atoms with Gasteiger partial charge < -0.3 is 10.1 Å². The van der Waals surface area contributed by atoms with Crippen LogP contribution in [0, 0.1) is 0 Å². The van der Waals surface area contributed by atoms with Crippen molar-refractivity contribution in [1.82, 2.24) is 14.9 Å². The number of amides is 1. The lowest BCUT2D eigenvalue weighted by molar-refractivity contribution is 0.0981. The second kappa shape index (κ2) is 11.5. The van der Waals surface area contributed by atoms with Crippen LogP contribution in [0.5, 0.6) is 5.75 Å². The normalized spacial score (nSPS) is 20.3. The van der Waals surface area contributed by atoms with Crippen LogP contribution in [-0.2, 0) is 10.0 Å². The van der Waals surface area contributed by atoms with E-state index >= 15 is 0 Å². The van der Waals surface area contributed by atoms with Gasteiger partial charge in [0.2, 0.25) is 0 Å². The molecule has 0 radical (unpaired) electrons. The third kappa shape index (κ3) is 6.77. The van der Waals surface area contributed by atoms with Crippen LogP contribution in [-0.4, -0.2) is 57.5 Å². The first-order valence-electron chi connectivity index (χ1n) is 12.9. The number of nitrogens with zero attached hydrogens (tertiary/aromatic N) is 1. The quantitative estimate of drug-likeness (QED) is 0.424. The number of likely N-dealkylation sites (tertiary alicyclic amines) is 1.